The number of halogens is 1. The molecule has 0 unspecified atom stereocenters. The molecule has 1 aliphatic heterocycles. The van der Waals surface area contributed by atoms with Gasteiger partial charge in [0.15, 0.2) is 0 Å². The minimum absolute atomic E-state index is 0.217. The molecule has 14 heavy (non-hydrogen) atoms. The molecular weight excluding hydrogens is 200 g/mol. The first-order valence-corrected chi connectivity index (χ1v) is 5.13. The van der Waals surface area contributed by atoms with Gasteiger partial charge < -0.3 is 4.90 Å². The van der Waals surface area contributed by atoms with Crippen molar-refractivity contribution in [3.8, 4) is 0 Å². The summed E-state index contributed by atoms with van der Waals surface area (Å²) in [6.45, 7) is 2.00. The van der Waals surface area contributed by atoms with E-state index in [2.05, 4.69) is 9.88 Å². The van der Waals surface area contributed by atoms with Crippen molar-refractivity contribution < 1.29 is 4.29 Å². The quantitative estimate of drug-likeness (QED) is 0.752. The van der Waals surface area contributed by atoms with Gasteiger partial charge in [-0.1, -0.05) is 0 Å². The Labute approximate surface area is 88.8 Å². The zero-order valence-corrected chi connectivity index (χ0v) is 8.65. The van der Waals surface area contributed by atoms with Gasteiger partial charge in [-0.15, -0.1) is 0 Å². The minimum atomic E-state index is 0.217. The van der Waals surface area contributed by atoms with Gasteiger partial charge in [-0.2, -0.15) is 0 Å². The van der Waals surface area contributed by atoms with Gasteiger partial charge in [0.25, 0.3) is 0 Å². The third-order valence-electron chi connectivity index (χ3n) is 2.60. The summed E-state index contributed by atoms with van der Waals surface area (Å²) in [4.78, 5) is 6.33. The monoisotopic (exact) mass is 212 g/mol. The van der Waals surface area contributed by atoms with Crippen LogP contribution in [0.4, 0.5) is 5.69 Å². The van der Waals surface area contributed by atoms with E-state index >= 15 is 0 Å². The molecule has 0 bridgehead atoms. The summed E-state index contributed by atoms with van der Waals surface area (Å²) in [5, 5.41) is 0. The second-order valence-corrected chi connectivity index (χ2v) is 3.66. The van der Waals surface area contributed by atoms with E-state index in [9.17, 15) is 0 Å². The van der Waals surface area contributed by atoms with Crippen LogP contribution < -0.4 is 4.90 Å². The van der Waals surface area contributed by atoms with Crippen LogP contribution in [0.2, 0.25) is 0 Å². The number of hydrogen-bond donors (Lipinski definition) is 0. The molecule has 76 valence electrons. The average Bonchev–Trinajstić information content (AvgIpc) is 2.30. The maximum atomic E-state index is 5.35. The van der Waals surface area contributed by atoms with E-state index in [0.717, 1.165) is 25.9 Å². The van der Waals surface area contributed by atoms with E-state index in [0.29, 0.717) is 0 Å². The summed E-state index contributed by atoms with van der Waals surface area (Å²) in [5.74, 6) is 0. The van der Waals surface area contributed by atoms with Crippen molar-refractivity contribution in [1.29, 1.82) is 0 Å². The van der Waals surface area contributed by atoms with Crippen LogP contribution in [0.1, 0.15) is 12.8 Å². The Bertz CT molecular complexity index is 273. The van der Waals surface area contributed by atoms with Crippen LogP contribution in [0.5, 0.6) is 0 Å². The SMILES string of the molecule is ClOC1CCN(c2ccncc2)CC1. The number of nitrogens with zero attached hydrogens (tertiary/aromatic N) is 2. The molecule has 0 amide bonds. The highest BCUT2D eigenvalue weighted by Gasteiger charge is 2.19. The van der Waals surface area contributed by atoms with Crippen LogP contribution in [0.15, 0.2) is 24.5 Å². The molecule has 0 aromatic carbocycles. The molecule has 0 N–H and O–H groups in total. The lowest BCUT2D eigenvalue weighted by Crippen LogP contribution is -2.36. The number of piperidine rings is 1. The maximum absolute atomic E-state index is 5.35. The molecule has 4 heteroatoms. The Kier molecular flexibility index (Phi) is 3.22. The first-order valence-electron chi connectivity index (χ1n) is 4.82. The second-order valence-electron chi connectivity index (χ2n) is 3.48. The Morgan fingerprint density at radius 3 is 2.50 bits per heavy atom. The standard InChI is InChI=1S/C10H13ClN2O/c11-14-10-3-7-13(8-4-10)9-1-5-12-6-2-9/h1-2,5-6,10H,3-4,7-8H2. The highest BCUT2D eigenvalue weighted by molar-refractivity contribution is 6.07. The largest absolute Gasteiger partial charge is 0.371 e. The van der Waals surface area contributed by atoms with Gasteiger partial charge in [0.05, 0.1) is 18.0 Å². The summed E-state index contributed by atoms with van der Waals surface area (Å²) in [6, 6.07) is 4.06. The highest BCUT2D eigenvalue weighted by atomic mass is 35.5. The second kappa shape index (κ2) is 4.62. The number of hydrogen-bond acceptors (Lipinski definition) is 3. The normalized spacial score (nSPS) is 18.5. The van der Waals surface area contributed by atoms with Crippen LogP contribution in [0, 0.1) is 0 Å². The van der Waals surface area contributed by atoms with Crippen molar-refractivity contribution in [2.75, 3.05) is 18.0 Å². The molecule has 0 atom stereocenters. The molecule has 0 aliphatic carbocycles. The zero-order chi connectivity index (χ0) is 9.80. The molecule has 0 saturated carbocycles. The van der Waals surface area contributed by atoms with E-state index in [4.69, 9.17) is 16.2 Å². The van der Waals surface area contributed by atoms with E-state index in [1.54, 1.807) is 0 Å². The van der Waals surface area contributed by atoms with Crippen molar-refractivity contribution in [2.24, 2.45) is 0 Å². The predicted octanol–water partition coefficient (Wildman–Crippen LogP) is 2.22. The number of pyridine rings is 1. The van der Waals surface area contributed by atoms with E-state index in [-0.39, 0.29) is 6.10 Å². The molecule has 1 aromatic rings. The topological polar surface area (TPSA) is 25.4 Å². The van der Waals surface area contributed by atoms with Gasteiger partial charge in [-0.3, -0.25) is 9.27 Å². The molecule has 1 aromatic heterocycles. The molecular formula is C10H13ClN2O. The minimum Gasteiger partial charge on any atom is -0.371 e. The lowest BCUT2D eigenvalue weighted by atomic mass is 10.1. The number of rotatable bonds is 2. The summed E-state index contributed by atoms with van der Waals surface area (Å²) in [5.41, 5.74) is 1.23. The fourth-order valence-electron chi connectivity index (χ4n) is 1.76. The fraction of sp³-hybridized carbons (Fsp3) is 0.500. The Hall–Kier alpha value is -0.800. The van der Waals surface area contributed by atoms with Gasteiger partial charge in [0.2, 0.25) is 0 Å². The molecule has 0 radical (unpaired) electrons. The first kappa shape index (κ1) is 9.74. The Morgan fingerprint density at radius 1 is 1.29 bits per heavy atom. The molecule has 0 spiro atoms. The first-order chi connectivity index (χ1) is 6.90. The third-order valence-corrected chi connectivity index (χ3v) is 2.85. The van der Waals surface area contributed by atoms with Crippen LogP contribution in [-0.2, 0) is 4.29 Å². The van der Waals surface area contributed by atoms with E-state index in [1.807, 2.05) is 24.5 Å². The van der Waals surface area contributed by atoms with Crippen LogP contribution >= 0.6 is 11.9 Å². The molecule has 1 fully saturated rings. The van der Waals surface area contributed by atoms with Gasteiger partial charge in [-0.25, -0.2) is 0 Å². The van der Waals surface area contributed by atoms with Crippen molar-refractivity contribution >= 4 is 17.6 Å². The number of aromatic nitrogens is 1. The van der Waals surface area contributed by atoms with Crippen LogP contribution in [0.3, 0.4) is 0 Å². The third kappa shape index (κ3) is 2.16. The van der Waals surface area contributed by atoms with Crippen LogP contribution in [-0.4, -0.2) is 24.2 Å². The summed E-state index contributed by atoms with van der Waals surface area (Å²) in [7, 11) is 0. The highest BCUT2D eigenvalue weighted by Crippen LogP contribution is 2.20. The van der Waals surface area contributed by atoms with Crippen molar-refractivity contribution in [3.63, 3.8) is 0 Å². The molecule has 1 saturated heterocycles. The summed E-state index contributed by atoms with van der Waals surface area (Å²) in [6.07, 6.45) is 5.84. The van der Waals surface area contributed by atoms with E-state index < -0.39 is 0 Å². The fourth-order valence-corrected chi connectivity index (χ4v) is 1.94. The smallest absolute Gasteiger partial charge is 0.0824 e. The lowest BCUT2D eigenvalue weighted by molar-refractivity contribution is 0.189. The van der Waals surface area contributed by atoms with Crippen molar-refractivity contribution in [1.82, 2.24) is 4.98 Å². The summed E-state index contributed by atoms with van der Waals surface area (Å²) < 4.78 is 4.81. The summed E-state index contributed by atoms with van der Waals surface area (Å²) >= 11 is 5.35. The van der Waals surface area contributed by atoms with Crippen LogP contribution in [0.25, 0.3) is 0 Å². The molecule has 1 aliphatic rings. The Morgan fingerprint density at radius 2 is 1.93 bits per heavy atom. The van der Waals surface area contributed by atoms with Gasteiger partial charge >= 0.3 is 0 Å². The van der Waals surface area contributed by atoms with Crippen molar-refractivity contribution in [2.45, 2.75) is 18.9 Å². The molecule has 3 nitrogen and oxygen atoms in total. The average molecular weight is 213 g/mol. The van der Waals surface area contributed by atoms with Gasteiger partial charge in [0, 0.05) is 31.2 Å². The van der Waals surface area contributed by atoms with Crippen molar-refractivity contribution in [3.05, 3.63) is 24.5 Å². The molecule has 2 heterocycles. The van der Waals surface area contributed by atoms with Gasteiger partial charge in [-0.05, 0) is 25.0 Å². The molecule has 2 rings (SSSR count). The van der Waals surface area contributed by atoms with E-state index in [1.165, 1.54) is 5.69 Å². The number of anilines is 1. The van der Waals surface area contributed by atoms with Gasteiger partial charge in [0.1, 0.15) is 0 Å². The zero-order valence-electron chi connectivity index (χ0n) is 7.90. The predicted molar refractivity (Wildman–Crippen MR) is 56.4 cm³/mol. The Balaban J connectivity index is 1.96. The lowest BCUT2D eigenvalue weighted by Gasteiger charge is -2.31. The maximum Gasteiger partial charge on any atom is 0.0824 e.